The maximum atomic E-state index is 14.5. The Kier molecular flexibility index (Phi) is 23.3. The molecule has 3 aliphatic carbocycles. The molecule has 3 aliphatic rings. The topological polar surface area (TPSA) is 27.7 Å². The van der Waals surface area contributed by atoms with Crippen molar-refractivity contribution >= 4 is 0 Å². The molecule has 0 heterocycles. The number of allylic oxidation sites excluding steroid dienone is 6. The number of ether oxygens (including phenoxy) is 3. The Morgan fingerprint density at radius 3 is 1.12 bits per heavy atom. The van der Waals surface area contributed by atoms with Gasteiger partial charge >= 0.3 is 0 Å². The van der Waals surface area contributed by atoms with Gasteiger partial charge < -0.3 is 14.2 Å². The van der Waals surface area contributed by atoms with Gasteiger partial charge in [0, 0.05) is 33.1 Å². The van der Waals surface area contributed by atoms with E-state index in [1.165, 1.54) is 34.6 Å². The van der Waals surface area contributed by atoms with Crippen LogP contribution in [0.3, 0.4) is 0 Å². The molecule has 14 heteroatoms. The van der Waals surface area contributed by atoms with E-state index in [0.717, 1.165) is 77.0 Å². The van der Waals surface area contributed by atoms with Crippen molar-refractivity contribution in [2.75, 3.05) is 13.2 Å². The first-order valence-electron chi connectivity index (χ1n) is 25.1. The van der Waals surface area contributed by atoms with Crippen LogP contribution >= 0.6 is 0 Å². The van der Waals surface area contributed by atoms with E-state index in [9.17, 15) is 48.3 Å². The fourth-order valence-corrected chi connectivity index (χ4v) is 9.26. The van der Waals surface area contributed by atoms with E-state index in [0.29, 0.717) is 25.9 Å². The van der Waals surface area contributed by atoms with Gasteiger partial charge in [0.1, 0.15) is 5.60 Å². The van der Waals surface area contributed by atoms with Crippen LogP contribution in [0, 0.1) is 81.7 Å². The fraction of sp³-hybridized carbons (Fsp3) is 0.586. The van der Waals surface area contributed by atoms with E-state index in [-0.39, 0.29) is 47.7 Å². The van der Waals surface area contributed by atoms with Gasteiger partial charge in [0.15, 0.2) is 58.0 Å². The summed E-state index contributed by atoms with van der Waals surface area (Å²) in [4.78, 5) is 0. The number of rotatable bonds is 11. The maximum absolute atomic E-state index is 14.5. The van der Waals surface area contributed by atoms with Gasteiger partial charge in [-0.15, -0.1) is 0 Å². The van der Waals surface area contributed by atoms with Gasteiger partial charge in [-0.05, 0) is 128 Å². The van der Waals surface area contributed by atoms with Crippen molar-refractivity contribution in [1.82, 2.24) is 0 Å². The second-order valence-corrected chi connectivity index (χ2v) is 21.2. The molecule has 6 rings (SSSR count). The Bertz CT molecular complexity index is 2320. The summed E-state index contributed by atoms with van der Waals surface area (Å²) in [5.74, 6) is -17.9. The third-order valence-electron chi connectivity index (χ3n) is 13.8. The van der Waals surface area contributed by atoms with Gasteiger partial charge in [0.25, 0.3) is 0 Å². The highest BCUT2D eigenvalue weighted by Gasteiger charge is 2.35. The summed E-state index contributed by atoms with van der Waals surface area (Å²) in [6.07, 6.45) is 25.3. The highest BCUT2D eigenvalue weighted by atomic mass is 19.2. The average Bonchev–Trinajstić information content (AvgIpc) is 3.28. The second-order valence-electron chi connectivity index (χ2n) is 21.2. The van der Waals surface area contributed by atoms with Gasteiger partial charge in [0.05, 0.1) is 13.2 Å². The zero-order valence-electron chi connectivity index (χ0n) is 43.1. The first kappa shape index (κ1) is 61.8. The molecule has 0 saturated carbocycles. The molecule has 3 atom stereocenters. The van der Waals surface area contributed by atoms with Crippen LogP contribution in [0.5, 0.6) is 17.2 Å². The molecule has 0 bridgehead atoms. The highest BCUT2D eigenvalue weighted by Crippen LogP contribution is 2.41. The molecule has 0 amide bonds. The summed E-state index contributed by atoms with van der Waals surface area (Å²) in [6, 6.07) is 0. The molecular weight excluding hydrogens is 954 g/mol. The van der Waals surface area contributed by atoms with Gasteiger partial charge in [0.2, 0.25) is 23.3 Å². The van der Waals surface area contributed by atoms with Crippen molar-refractivity contribution in [2.24, 2.45) is 10.8 Å². The molecule has 3 aromatic rings. The lowest BCUT2D eigenvalue weighted by atomic mass is 9.80. The van der Waals surface area contributed by atoms with Crippen LogP contribution in [0.1, 0.15) is 206 Å². The molecule has 0 radical (unpaired) electrons. The molecule has 404 valence electrons. The fourth-order valence-electron chi connectivity index (χ4n) is 9.26. The Morgan fingerprint density at radius 2 is 0.722 bits per heavy atom. The Balaban J connectivity index is 0.000000283. The summed E-state index contributed by atoms with van der Waals surface area (Å²) in [5, 5.41) is 0. The molecule has 0 saturated heterocycles. The van der Waals surface area contributed by atoms with Crippen molar-refractivity contribution in [3.05, 3.63) is 123 Å². The third kappa shape index (κ3) is 15.5. The second kappa shape index (κ2) is 27.2. The SMILES string of the molecule is C.CC(C)c1c(F)c(F)c(OC2(C)CC/C=C\CCC2)c(F)c1F.CC(C)c1c(F)c(F)c(OCC2(C)CC/C=C\CCC2)c(F)c1F.Cc1c(F)c(F)c(C(C)C)c(OCC2(C)CC/C=C\CCC2)c1F. The molecule has 3 unspecified atom stereocenters. The summed E-state index contributed by atoms with van der Waals surface area (Å²) in [5.41, 5.74) is -2.73. The summed E-state index contributed by atoms with van der Waals surface area (Å²) >= 11 is 0. The van der Waals surface area contributed by atoms with E-state index in [2.05, 4.69) is 37.3 Å². The molecule has 3 nitrogen and oxygen atoms in total. The molecule has 0 spiro atoms. The predicted molar refractivity (Wildman–Crippen MR) is 266 cm³/mol. The van der Waals surface area contributed by atoms with E-state index >= 15 is 0 Å². The maximum Gasteiger partial charge on any atom is 0.204 e. The summed E-state index contributed by atoms with van der Waals surface area (Å²) in [6.45, 7) is 16.7. The molecule has 0 fully saturated rings. The van der Waals surface area contributed by atoms with E-state index in [4.69, 9.17) is 14.2 Å². The first-order chi connectivity index (χ1) is 33.3. The van der Waals surface area contributed by atoms with Gasteiger partial charge in [-0.2, -0.15) is 17.6 Å². The van der Waals surface area contributed by atoms with E-state index in [1.807, 2.05) is 13.0 Å². The minimum atomic E-state index is -1.45. The van der Waals surface area contributed by atoms with Crippen molar-refractivity contribution in [2.45, 2.75) is 196 Å². The van der Waals surface area contributed by atoms with Gasteiger partial charge in [-0.3, -0.25) is 0 Å². The van der Waals surface area contributed by atoms with E-state index < -0.39 is 104 Å². The average molecular weight is 1030 g/mol. The van der Waals surface area contributed by atoms with Gasteiger partial charge in [-0.25, -0.2) is 30.7 Å². The Morgan fingerprint density at radius 1 is 0.389 bits per heavy atom. The molecule has 3 aromatic carbocycles. The van der Waals surface area contributed by atoms with Crippen LogP contribution in [0.2, 0.25) is 0 Å². The summed E-state index contributed by atoms with van der Waals surface area (Å²) in [7, 11) is 0. The Hall–Kier alpha value is -4.49. The van der Waals surface area contributed by atoms with Gasteiger partial charge in [-0.1, -0.05) is 99.3 Å². The van der Waals surface area contributed by atoms with Crippen LogP contribution in [-0.4, -0.2) is 18.8 Å². The zero-order chi connectivity index (χ0) is 53.0. The molecule has 0 aromatic heterocycles. The number of hydrogen-bond acceptors (Lipinski definition) is 3. The molecule has 72 heavy (non-hydrogen) atoms. The van der Waals surface area contributed by atoms with Crippen molar-refractivity contribution < 1.29 is 62.5 Å². The zero-order valence-corrected chi connectivity index (χ0v) is 43.1. The van der Waals surface area contributed by atoms with Crippen LogP contribution in [-0.2, 0) is 0 Å². The van der Waals surface area contributed by atoms with Crippen LogP contribution in [0.25, 0.3) is 0 Å². The predicted octanol–water partition coefficient (Wildman–Crippen LogP) is 19.4. The van der Waals surface area contributed by atoms with Crippen molar-refractivity contribution in [3.8, 4) is 17.2 Å². The van der Waals surface area contributed by atoms with Crippen LogP contribution < -0.4 is 14.2 Å². The quantitative estimate of drug-likeness (QED) is 0.109. The summed E-state index contributed by atoms with van der Waals surface area (Å²) < 4.78 is 172. The standard InChI is InChI=1S/C20H27F3O.C19H24F4O.C18H22F4O.CH4/c1-13(2)15-18(23)16(21)14(3)17(22)19(15)24-12-20(4)10-8-6-5-7-9-11-20;1-12(2)13-14(20)16(22)18(17(23)15(13)21)24-11-19(3)9-7-5-4-6-8-10-19;1-11(2)12-13(19)15(21)17(16(22)14(12)20)23-18(3)9-7-5-4-6-8-10-18;/h5-6,13H,7-12H2,1-4H3;4-5,12H,6-11H2,1-3H3;4-5,11H,6-10H2,1-3H3;1H4/b6-5-;2*5-4-;. The lowest BCUT2D eigenvalue weighted by Gasteiger charge is -2.32. The third-order valence-corrected chi connectivity index (χ3v) is 13.8. The number of hydrogen-bond donors (Lipinski definition) is 0. The van der Waals surface area contributed by atoms with E-state index in [1.54, 1.807) is 20.8 Å². The molecule has 0 N–H and O–H groups in total. The molecular formula is C58H77F11O3. The van der Waals surface area contributed by atoms with Crippen LogP contribution in [0.15, 0.2) is 36.5 Å². The number of benzene rings is 3. The normalized spacial score (nSPS) is 22.8. The smallest absolute Gasteiger partial charge is 0.204 e. The monoisotopic (exact) mass is 1030 g/mol. The minimum Gasteiger partial charge on any atom is -0.490 e. The van der Waals surface area contributed by atoms with Crippen molar-refractivity contribution in [1.29, 1.82) is 0 Å². The highest BCUT2D eigenvalue weighted by molar-refractivity contribution is 5.43. The van der Waals surface area contributed by atoms with Crippen molar-refractivity contribution in [3.63, 3.8) is 0 Å². The lowest BCUT2D eigenvalue weighted by molar-refractivity contribution is 0.0562. The Labute approximate surface area is 421 Å². The first-order valence-corrected chi connectivity index (χ1v) is 25.1. The number of halogens is 11. The lowest BCUT2D eigenvalue weighted by Crippen LogP contribution is -2.33. The molecule has 0 aliphatic heterocycles. The van der Waals surface area contributed by atoms with Crippen LogP contribution in [0.4, 0.5) is 48.3 Å². The minimum absolute atomic E-state index is 0. The largest absolute Gasteiger partial charge is 0.490 e.